The van der Waals surface area contributed by atoms with Crippen molar-refractivity contribution in [3.8, 4) is 23.6 Å². The topological polar surface area (TPSA) is 102 Å². The first-order valence-corrected chi connectivity index (χ1v) is 8.69. The largest absolute Gasteiger partial charge is 0.491 e. The van der Waals surface area contributed by atoms with Crippen LogP contribution in [0.25, 0.3) is 0 Å². The van der Waals surface area contributed by atoms with Crippen molar-refractivity contribution in [1.82, 2.24) is 4.98 Å². The summed E-state index contributed by atoms with van der Waals surface area (Å²) < 4.78 is 16.4. The van der Waals surface area contributed by atoms with Crippen LogP contribution in [0.2, 0.25) is 5.02 Å². The van der Waals surface area contributed by atoms with E-state index in [4.69, 9.17) is 25.7 Å². The fourth-order valence-electron chi connectivity index (χ4n) is 2.59. The third-order valence-corrected chi connectivity index (χ3v) is 4.20. The average Bonchev–Trinajstić information content (AvgIpc) is 3.01. The third kappa shape index (κ3) is 4.58. The van der Waals surface area contributed by atoms with Gasteiger partial charge in [-0.25, -0.2) is 0 Å². The predicted molar refractivity (Wildman–Crippen MR) is 98.3 cm³/mol. The van der Waals surface area contributed by atoms with Crippen molar-refractivity contribution in [3.05, 3.63) is 40.4 Å². The summed E-state index contributed by atoms with van der Waals surface area (Å²) in [6.07, 6.45) is 0.941. The molecular formula is C18H16BClN2O5. The van der Waals surface area contributed by atoms with Crippen LogP contribution in [0.4, 0.5) is 0 Å². The van der Waals surface area contributed by atoms with Gasteiger partial charge in [-0.2, -0.15) is 10.2 Å². The molecule has 2 aromatic rings. The number of Topliss-reactive ketones (excluding diaryl/α,β-unsaturated/α-hetero) is 1. The Balaban J connectivity index is 1.79. The molecule has 0 amide bonds. The molecule has 3 rings (SSSR count). The zero-order valence-corrected chi connectivity index (χ0v) is 15.3. The minimum absolute atomic E-state index is 0.0582. The van der Waals surface area contributed by atoms with E-state index >= 15 is 0 Å². The summed E-state index contributed by atoms with van der Waals surface area (Å²) in [5, 5.41) is 19.2. The quantitative estimate of drug-likeness (QED) is 0.575. The molecule has 138 valence electrons. The molecule has 1 aliphatic heterocycles. The maximum absolute atomic E-state index is 11.0. The Morgan fingerprint density at radius 3 is 3.00 bits per heavy atom. The summed E-state index contributed by atoms with van der Waals surface area (Å²) in [6.45, 7) is 2.06. The van der Waals surface area contributed by atoms with E-state index in [1.807, 2.05) is 6.07 Å². The number of nitriles is 1. The van der Waals surface area contributed by atoms with Gasteiger partial charge in [-0.05, 0) is 42.6 Å². The highest BCUT2D eigenvalue weighted by atomic mass is 35.5. The van der Waals surface area contributed by atoms with E-state index in [1.54, 1.807) is 18.2 Å². The van der Waals surface area contributed by atoms with E-state index < -0.39 is 7.12 Å². The fourth-order valence-corrected chi connectivity index (χ4v) is 2.79. The van der Waals surface area contributed by atoms with Gasteiger partial charge in [0.1, 0.15) is 28.2 Å². The molecule has 7 nitrogen and oxygen atoms in total. The summed E-state index contributed by atoms with van der Waals surface area (Å²) in [7, 11) is -0.938. The van der Waals surface area contributed by atoms with Gasteiger partial charge in [0.25, 0.3) is 0 Å². The third-order valence-electron chi connectivity index (χ3n) is 3.93. The molecule has 0 unspecified atom stereocenters. The van der Waals surface area contributed by atoms with Gasteiger partial charge >= 0.3 is 7.12 Å². The van der Waals surface area contributed by atoms with Crippen molar-refractivity contribution in [3.63, 3.8) is 0 Å². The molecule has 0 aliphatic carbocycles. The Hall–Kier alpha value is -2.60. The summed E-state index contributed by atoms with van der Waals surface area (Å²) in [4.78, 5) is 15.2. The van der Waals surface area contributed by atoms with Crippen LogP contribution in [0.5, 0.6) is 17.5 Å². The van der Waals surface area contributed by atoms with Crippen molar-refractivity contribution >= 4 is 30.0 Å². The van der Waals surface area contributed by atoms with Gasteiger partial charge in [0.05, 0.1) is 13.2 Å². The normalized spacial score (nSPS) is 12.4. The lowest BCUT2D eigenvalue weighted by Crippen LogP contribution is -2.27. The van der Waals surface area contributed by atoms with Crippen LogP contribution < -0.4 is 14.9 Å². The maximum atomic E-state index is 11.0. The molecule has 0 atom stereocenters. The number of aromatic nitrogens is 1. The van der Waals surface area contributed by atoms with Crippen LogP contribution in [0.15, 0.2) is 24.3 Å². The Morgan fingerprint density at radius 2 is 2.26 bits per heavy atom. The van der Waals surface area contributed by atoms with Crippen LogP contribution in [-0.4, -0.2) is 29.5 Å². The van der Waals surface area contributed by atoms with E-state index in [-0.39, 0.29) is 41.3 Å². The van der Waals surface area contributed by atoms with E-state index in [1.165, 1.54) is 13.0 Å². The molecule has 0 radical (unpaired) electrons. The van der Waals surface area contributed by atoms with Crippen LogP contribution in [0.1, 0.15) is 30.9 Å². The number of rotatable bonds is 7. The molecule has 27 heavy (non-hydrogen) atoms. The maximum Gasteiger partial charge on any atom is 0.491 e. The molecule has 0 fully saturated rings. The van der Waals surface area contributed by atoms with E-state index in [2.05, 4.69) is 4.98 Å². The predicted octanol–water partition coefficient (Wildman–Crippen LogP) is 2.36. The van der Waals surface area contributed by atoms with Crippen molar-refractivity contribution in [2.75, 3.05) is 6.61 Å². The molecule has 9 heteroatoms. The van der Waals surface area contributed by atoms with Gasteiger partial charge < -0.3 is 23.9 Å². The highest BCUT2D eigenvalue weighted by Crippen LogP contribution is 2.32. The van der Waals surface area contributed by atoms with Gasteiger partial charge in [0.15, 0.2) is 0 Å². The van der Waals surface area contributed by atoms with Gasteiger partial charge in [-0.1, -0.05) is 17.7 Å². The number of hydrogen-bond donors (Lipinski definition) is 1. The zero-order valence-electron chi connectivity index (χ0n) is 14.6. The number of halogens is 1. The van der Waals surface area contributed by atoms with E-state index in [0.717, 1.165) is 5.56 Å². The summed E-state index contributed by atoms with van der Waals surface area (Å²) in [5.41, 5.74) is 1.64. The monoisotopic (exact) mass is 386 g/mol. The molecule has 0 saturated heterocycles. The van der Waals surface area contributed by atoms with Crippen molar-refractivity contribution < 1.29 is 23.9 Å². The first kappa shape index (κ1) is 19.2. The number of ether oxygens (including phenoxy) is 2. The number of hydrogen-bond acceptors (Lipinski definition) is 7. The number of pyridine rings is 1. The summed E-state index contributed by atoms with van der Waals surface area (Å²) in [5.74, 6) is 0.713. The van der Waals surface area contributed by atoms with Crippen LogP contribution >= 0.6 is 11.6 Å². The number of fused-ring (bicyclic) bond motifs is 1. The molecule has 0 spiro atoms. The number of nitrogens with zero attached hydrogens (tertiary/aromatic N) is 2. The number of benzene rings is 1. The Bertz CT molecular complexity index is 915. The molecule has 0 bridgehead atoms. The van der Waals surface area contributed by atoms with E-state index in [9.17, 15) is 15.1 Å². The number of carbonyl (C=O) groups excluding carboxylic acids is 1. The molecule has 1 aromatic heterocycles. The molecule has 0 saturated carbocycles. The van der Waals surface area contributed by atoms with Crippen molar-refractivity contribution in [1.29, 1.82) is 5.26 Å². The average molecular weight is 387 g/mol. The lowest BCUT2D eigenvalue weighted by Gasteiger charge is -2.11. The van der Waals surface area contributed by atoms with Gasteiger partial charge in [-0.3, -0.25) is 0 Å². The summed E-state index contributed by atoms with van der Waals surface area (Å²) >= 11 is 6.11. The van der Waals surface area contributed by atoms with Crippen molar-refractivity contribution in [2.24, 2.45) is 0 Å². The second-order valence-electron chi connectivity index (χ2n) is 6.02. The first-order chi connectivity index (χ1) is 13.0. The van der Waals surface area contributed by atoms with Crippen LogP contribution in [0.3, 0.4) is 0 Å². The van der Waals surface area contributed by atoms with Crippen LogP contribution in [0, 0.1) is 11.3 Å². The van der Waals surface area contributed by atoms with Gasteiger partial charge in [-0.15, -0.1) is 0 Å². The Labute approximate surface area is 161 Å². The lowest BCUT2D eigenvalue weighted by atomic mass is 9.80. The minimum atomic E-state index is -0.938. The number of carbonyl (C=O) groups is 1. The second-order valence-corrected chi connectivity index (χ2v) is 6.43. The Morgan fingerprint density at radius 1 is 1.44 bits per heavy atom. The molecule has 1 N–H and O–H groups in total. The Kier molecular flexibility index (Phi) is 5.96. The molecule has 2 heterocycles. The van der Waals surface area contributed by atoms with Gasteiger partial charge in [0, 0.05) is 6.42 Å². The van der Waals surface area contributed by atoms with Crippen LogP contribution in [-0.2, 0) is 16.1 Å². The SMILES string of the molecule is CC(=O)CCCOc1nc(Oc2ccc3c(c2)COB3O)c(C#N)cc1Cl. The zero-order chi connectivity index (χ0) is 19.4. The summed E-state index contributed by atoms with van der Waals surface area (Å²) in [6, 6.07) is 8.48. The smallest absolute Gasteiger partial charge is 0.477 e. The fraction of sp³-hybridized carbons (Fsp3) is 0.278. The minimum Gasteiger partial charge on any atom is -0.477 e. The molecule has 1 aliphatic rings. The number of ketones is 1. The second kappa shape index (κ2) is 8.40. The molecule has 1 aromatic carbocycles. The first-order valence-electron chi connectivity index (χ1n) is 8.31. The standard InChI is InChI=1S/C18H16BClN2O5/c1-11(23)3-2-6-25-18-16(20)8-12(9-21)17(22-18)27-14-4-5-15-13(7-14)10-26-19(15)24/h4-5,7-8,24H,2-3,6,10H2,1H3. The molecular weight excluding hydrogens is 370 g/mol. The highest BCUT2D eigenvalue weighted by Gasteiger charge is 2.27. The van der Waals surface area contributed by atoms with Crippen molar-refractivity contribution in [2.45, 2.75) is 26.4 Å². The van der Waals surface area contributed by atoms with E-state index in [0.29, 0.717) is 24.1 Å². The van der Waals surface area contributed by atoms with Gasteiger partial charge in [0.2, 0.25) is 11.8 Å². The lowest BCUT2D eigenvalue weighted by molar-refractivity contribution is -0.117. The highest BCUT2D eigenvalue weighted by molar-refractivity contribution is 6.61.